The molecule has 0 fully saturated rings. The summed E-state index contributed by atoms with van der Waals surface area (Å²) in [6, 6.07) is 0. The molecular formula is C11H24NS+. The Morgan fingerprint density at radius 3 is 2.38 bits per heavy atom. The lowest BCUT2D eigenvalue weighted by molar-refractivity contribution is 0.384. The van der Waals surface area contributed by atoms with Crippen LogP contribution in [0.1, 0.15) is 33.6 Å². The second-order valence-electron chi connectivity index (χ2n) is 4.82. The van der Waals surface area contributed by atoms with Crippen LogP contribution >= 0.6 is 11.8 Å². The van der Waals surface area contributed by atoms with Gasteiger partial charge in [-0.2, -0.15) is 0 Å². The summed E-state index contributed by atoms with van der Waals surface area (Å²) in [4.78, 5) is 2.38. The van der Waals surface area contributed by atoms with Gasteiger partial charge in [0.2, 0.25) is 0 Å². The van der Waals surface area contributed by atoms with Gasteiger partial charge in [0, 0.05) is 18.8 Å². The van der Waals surface area contributed by atoms with E-state index in [-0.39, 0.29) is 0 Å². The monoisotopic (exact) mass is 202 g/mol. The van der Waals surface area contributed by atoms with Crippen molar-refractivity contribution in [3.05, 3.63) is 6.92 Å². The minimum absolute atomic E-state index is 0.456. The Morgan fingerprint density at radius 2 is 1.92 bits per heavy atom. The van der Waals surface area contributed by atoms with Crippen molar-refractivity contribution in [1.29, 1.82) is 0 Å². The van der Waals surface area contributed by atoms with Crippen LogP contribution < -0.4 is 0 Å². The molecule has 0 N–H and O–H groups in total. The molecule has 0 rings (SSSR count). The molecule has 0 aromatic rings. The molecule has 0 aromatic heterocycles. The molecule has 1 nitrogen and oxygen atoms in total. The fourth-order valence-corrected chi connectivity index (χ4v) is 2.10. The predicted molar refractivity (Wildman–Crippen MR) is 64.0 cm³/mol. The van der Waals surface area contributed by atoms with Crippen molar-refractivity contribution in [3.63, 3.8) is 0 Å². The van der Waals surface area contributed by atoms with E-state index in [2.05, 4.69) is 39.6 Å². The quantitative estimate of drug-likeness (QED) is 0.480. The Balaban J connectivity index is 3.31. The highest BCUT2D eigenvalue weighted by molar-refractivity contribution is 7.99. The fraction of sp³-hybridized carbons (Fsp3) is 0.909. The van der Waals surface area contributed by atoms with E-state index in [9.17, 15) is 0 Å². The van der Waals surface area contributed by atoms with E-state index in [1.165, 1.54) is 18.7 Å². The molecule has 0 saturated heterocycles. The summed E-state index contributed by atoms with van der Waals surface area (Å²) in [7, 11) is 2.19. The molecule has 78 valence electrons. The Hall–Kier alpha value is 0.180. The third kappa shape index (κ3) is 10.1. The van der Waals surface area contributed by atoms with Gasteiger partial charge in [0.15, 0.2) is 0 Å². The topological polar surface area (TPSA) is 3.24 Å². The van der Waals surface area contributed by atoms with Gasteiger partial charge in [0.05, 0.1) is 13.3 Å². The van der Waals surface area contributed by atoms with E-state index >= 15 is 0 Å². The summed E-state index contributed by atoms with van der Waals surface area (Å²) in [5.74, 6) is 2.39. The molecular weight excluding hydrogens is 178 g/mol. The van der Waals surface area contributed by atoms with E-state index < -0.39 is 0 Å². The third-order valence-electron chi connectivity index (χ3n) is 1.64. The second-order valence-corrected chi connectivity index (χ2v) is 5.78. The molecule has 0 bridgehead atoms. The van der Waals surface area contributed by atoms with Gasteiger partial charge in [0.25, 0.3) is 0 Å². The van der Waals surface area contributed by atoms with Crippen molar-refractivity contribution in [2.75, 3.05) is 25.2 Å². The SMILES string of the molecule is [CH2+]CCCN(C)CSCC(C)(C)C. The number of hydrogen-bond acceptors (Lipinski definition) is 2. The lowest BCUT2D eigenvalue weighted by Crippen LogP contribution is -2.20. The average molecular weight is 202 g/mol. The number of thioether (sulfide) groups is 1. The summed E-state index contributed by atoms with van der Waals surface area (Å²) in [5, 5.41) is 0. The first-order valence-corrected chi connectivity index (χ1v) is 6.17. The molecule has 0 amide bonds. The Bertz CT molecular complexity index is 118. The van der Waals surface area contributed by atoms with E-state index in [0.29, 0.717) is 5.41 Å². The summed E-state index contributed by atoms with van der Waals surface area (Å²) >= 11 is 2.02. The average Bonchev–Trinajstić information content (AvgIpc) is 1.98. The summed E-state index contributed by atoms with van der Waals surface area (Å²) in [6.07, 6.45) is 2.26. The highest BCUT2D eigenvalue weighted by Gasteiger charge is 2.10. The zero-order chi connectivity index (χ0) is 10.3. The first kappa shape index (κ1) is 13.2. The normalized spacial score (nSPS) is 12.4. The predicted octanol–water partition coefficient (Wildman–Crippen LogP) is 3.27. The lowest BCUT2D eigenvalue weighted by atomic mass is 10.0. The van der Waals surface area contributed by atoms with E-state index in [4.69, 9.17) is 0 Å². The second kappa shape index (κ2) is 6.61. The van der Waals surface area contributed by atoms with Crippen LogP contribution in [-0.4, -0.2) is 30.1 Å². The standard InChI is InChI=1S/C11H24NS/c1-6-7-8-12(5)10-13-9-11(2,3)4/h1,6-10H2,2-5H3/q+1. The Kier molecular flexibility index (Phi) is 6.70. The number of hydrogen-bond donors (Lipinski definition) is 0. The summed E-state index contributed by atoms with van der Waals surface area (Å²) in [6.45, 7) is 11.9. The van der Waals surface area contributed by atoms with Gasteiger partial charge >= 0.3 is 0 Å². The maximum absolute atomic E-state index is 3.84. The molecule has 2 heteroatoms. The van der Waals surface area contributed by atoms with Crippen molar-refractivity contribution < 1.29 is 0 Å². The molecule has 0 aliphatic rings. The zero-order valence-corrected chi connectivity index (χ0v) is 10.4. The molecule has 0 radical (unpaired) electrons. The van der Waals surface area contributed by atoms with Crippen LogP contribution in [0.2, 0.25) is 0 Å². The van der Waals surface area contributed by atoms with Crippen LogP contribution in [0.3, 0.4) is 0 Å². The van der Waals surface area contributed by atoms with Crippen LogP contribution in [0.5, 0.6) is 0 Å². The molecule has 0 unspecified atom stereocenters. The molecule has 0 aliphatic carbocycles. The summed E-state index contributed by atoms with van der Waals surface area (Å²) in [5.41, 5.74) is 0.456. The van der Waals surface area contributed by atoms with E-state index in [1.807, 2.05) is 11.8 Å². The van der Waals surface area contributed by atoms with Crippen molar-refractivity contribution in [2.45, 2.75) is 33.6 Å². The molecule has 0 saturated carbocycles. The molecule has 13 heavy (non-hydrogen) atoms. The molecule has 0 spiro atoms. The van der Waals surface area contributed by atoms with Crippen LogP contribution in [0.15, 0.2) is 0 Å². The number of rotatable bonds is 6. The number of unbranched alkanes of at least 4 members (excludes halogenated alkanes) is 1. The smallest absolute Gasteiger partial charge is 0.0862 e. The van der Waals surface area contributed by atoms with Crippen LogP contribution in [0, 0.1) is 12.3 Å². The van der Waals surface area contributed by atoms with E-state index in [1.54, 1.807) is 0 Å². The van der Waals surface area contributed by atoms with Crippen molar-refractivity contribution in [3.8, 4) is 0 Å². The van der Waals surface area contributed by atoms with Gasteiger partial charge in [-0.05, 0) is 18.2 Å². The van der Waals surface area contributed by atoms with Gasteiger partial charge in [0.1, 0.15) is 0 Å². The van der Waals surface area contributed by atoms with Gasteiger partial charge in [-0.3, -0.25) is 4.90 Å². The number of nitrogens with zero attached hydrogens (tertiary/aromatic N) is 1. The fourth-order valence-electron chi connectivity index (χ4n) is 0.954. The highest BCUT2D eigenvalue weighted by atomic mass is 32.2. The lowest BCUT2D eigenvalue weighted by Gasteiger charge is -2.20. The van der Waals surface area contributed by atoms with Crippen LogP contribution in [0.4, 0.5) is 0 Å². The Labute approximate surface area is 88.3 Å². The van der Waals surface area contributed by atoms with E-state index in [0.717, 1.165) is 12.3 Å². The van der Waals surface area contributed by atoms with Gasteiger partial charge < -0.3 is 0 Å². The molecule has 0 aliphatic heterocycles. The third-order valence-corrected chi connectivity index (χ3v) is 3.33. The highest BCUT2D eigenvalue weighted by Crippen LogP contribution is 2.20. The minimum atomic E-state index is 0.456. The van der Waals surface area contributed by atoms with Crippen molar-refractivity contribution in [2.24, 2.45) is 5.41 Å². The minimum Gasteiger partial charge on any atom is -0.297 e. The maximum Gasteiger partial charge on any atom is 0.0862 e. The van der Waals surface area contributed by atoms with Crippen LogP contribution in [0.25, 0.3) is 0 Å². The zero-order valence-electron chi connectivity index (χ0n) is 9.60. The van der Waals surface area contributed by atoms with Gasteiger partial charge in [-0.25, -0.2) is 0 Å². The molecule has 0 heterocycles. The first-order chi connectivity index (χ1) is 5.95. The summed E-state index contributed by atoms with van der Waals surface area (Å²) < 4.78 is 0. The van der Waals surface area contributed by atoms with Gasteiger partial charge in [-0.15, -0.1) is 11.8 Å². The molecule has 0 aromatic carbocycles. The maximum atomic E-state index is 3.84. The Morgan fingerprint density at radius 1 is 1.31 bits per heavy atom. The van der Waals surface area contributed by atoms with Crippen LogP contribution in [-0.2, 0) is 0 Å². The first-order valence-electron chi connectivity index (χ1n) is 5.01. The van der Waals surface area contributed by atoms with Crippen molar-refractivity contribution >= 4 is 11.8 Å². The molecule has 0 atom stereocenters. The largest absolute Gasteiger partial charge is 0.297 e. The van der Waals surface area contributed by atoms with Crippen molar-refractivity contribution in [1.82, 2.24) is 4.90 Å². The van der Waals surface area contributed by atoms with Gasteiger partial charge in [-0.1, -0.05) is 20.8 Å².